The van der Waals surface area contributed by atoms with Crippen LogP contribution in [0.2, 0.25) is 0 Å². The highest BCUT2D eigenvalue weighted by Crippen LogP contribution is 2.41. The number of aliphatic imine (C=N–C) groups is 2. The summed E-state index contributed by atoms with van der Waals surface area (Å²) in [7, 11) is 6.43. The highest BCUT2D eigenvalue weighted by molar-refractivity contribution is 5.96. The lowest BCUT2D eigenvalue weighted by atomic mass is 9.84. The lowest BCUT2D eigenvalue weighted by Crippen LogP contribution is -2.62. The van der Waals surface area contributed by atoms with E-state index in [2.05, 4.69) is 81.3 Å². The van der Waals surface area contributed by atoms with Crippen LogP contribution in [0, 0.1) is 16.2 Å². The van der Waals surface area contributed by atoms with E-state index in [9.17, 15) is 19.3 Å². The van der Waals surface area contributed by atoms with Gasteiger partial charge in [-0.2, -0.15) is 5.43 Å². The number of pyridine rings is 1. The van der Waals surface area contributed by atoms with Gasteiger partial charge >= 0.3 is 6.17 Å². The summed E-state index contributed by atoms with van der Waals surface area (Å²) in [5, 5.41) is 5.53. The number of amides is 3. The number of ether oxygens (including phenoxy) is 3. The zero-order chi connectivity index (χ0) is 50.8. The van der Waals surface area contributed by atoms with Crippen LogP contribution in [0.15, 0.2) is 89.1 Å². The van der Waals surface area contributed by atoms with Gasteiger partial charge in [0, 0.05) is 92.4 Å². The minimum Gasteiger partial charge on any atom is -0.497 e. The normalized spacial score (nSPS) is 17.4. The first-order valence-electron chi connectivity index (χ1n) is 24.3. The van der Waals surface area contributed by atoms with Crippen LogP contribution in [0.3, 0.4) is 0 Å². The van der Waals surface area contributed by atoms with E-state index in [4.69, 9.17) is 19.0 Å². The van der Waals surface area contributed by atoms with E-state index in [1.54, 1.807) is 40.6 Å². The minimum atomic E-state index is -1.06. The second-order valence-corrected chi connectivity index (χ2v) is 19.3. The molecule has 0 saturated carbocycles. The quantitative estimate of drug-likeness (QED) is 0.0994. The van der Waals surface area contributed by atoms with Crippen molar-refractivity contribution in [1.29, 1.82) is 0 Å². The molecule has 17 heteroatoms. The lowest BCUT2D eigenvalue weighted by molar-refractivity contribution is -0.835. The molecule has 0 radical (unpaired) electrons. The fraction of sp³-hybridized carbons (Fsp3) is 0.463. The largest absolute Gasteiger partial charge is 0.497 e. The number of carbonyl (C=O) groups excluding carboxylic acids is 3. The summed E-state index contributed by atoms with van der Waals surface area (Å²) in [6.07, 6.45) is 4.51. The maximum absolute atomic E-state index is 14.7. The van der Waals surface area contributed by atoms with Gasteiger partial charge in [-0.3, -0.25) is 24.4 Å². The third-order valence-electron chi connectivity index (χ3n) is 13.2. The summed E-state index contributed by atoms with van der Waals surface area (Å²) in [4.78, 5) is 77.7. The van der Waals surface area contributed by atoms with Crippen LogP contribution in [-0.2, 0) is 56.5 Å². The lowest BCUT2D eigenvalue weighted by Gasteiger charge is -2.34. The van der Waals surface area contributed by atoms with Crippen LogP contribution in [0.1, 0.15) is 76.1 Å². The highest BCUT2D eigenvalue weighted by Gasteiger charge is 2.40. The number of hydrazine groups is 1. The molecule has 1 fully saturated rings. The van der Waals surface area contributed by atoms with E-state index in [1.165, 1.54) is 9.91 Å². The van der Waals surface area contributed by atoms with Gasteiger partial charge < -0.3 is 29.0 Å². The number of hydrogen-bond acceptors (Lipinski definition) is 12. The maximum atomic E-state index is 14.7. The third kappa shape index (κ3) is 12.2. The van der Waals surface area contributed by atoms with Gasteiger partial charge in [-0.25, -0.2) is 14.8 Å². The zero-order valence-corrected chi connectivity index (χ0v) is 42.5. The predicted molar refractivity (Wildman–Crippen MR) is 272 cm³/mol. The van der Waals surface area contributed by atoms with Crippen molar-refractivity contribution in [2.45, 2.75) is 105 Å². The molecule has 3 amide bonds. The van der Waals surface area contributed by atoms with Crippen molar-refractivity contribution in [1.82, 2.24) is 30.2 Å². The second-order valence-electron chi connectivity index (χ2n) is 19.3. The Morgan fingerprint density at radius 3 is 2.59 bits per heavy atom. The average molecular weight is 971 g/mol. The number of benzene rings is 3. The molecular weight excluding hydrogens is 903 g/mol. The van der Waals surface area contributed by atoms with E-state index in [0.717, 1.165) is 55.5 Å². The number of hydrogen-bond donors (Lipinski definition) is 2. The molecule has 376 valence electrons. The number of nitrogens with zero attached hydrogens (tertiary/aromatic N) is 7. The van der Waals surface area contributed by atoms with E-state index < -0.39 is 35.5 Å². The molecule has 2 N–H and O–H groups in total. The molecule has 0 unspecified atom stereocenters. The van der Waals surface area contributed by atoms with Gasteiger partial charge in [0.2, 0.25) is 16.7 Å². The number of aryl methyl sites for hydroxylation is 1. The molecular formula is C54H68N9O8+. The Bertz CT molecular complexity index is 2800. The fourth-order valence-corrected chi connectivity index (χ4v) is 9.64. The van der Waals surface area contributed by atoms with Crippen molar-refractivity contribution in [3.8, 4) is 33.9 Å². The first kappa shape index (κ1) is 51.9. The molecule has 2 aliphatic rings. The molecule has 5 aromatic rings. The number of methoxy groups -OCH3 is 3. The van der Waals surface area contributed by atoms with Crippen molar-refractivity contribution < 1.29 is 38.4 Å². The van der Waals surface area contributed by atoms with Gasteiger partial charge in [0.05, 0.1) is 50.5 Å². The first-order valence-corrected chi connectivity index (χ1v) is 24.3. The van der Waals surface area contributed by atoms with E-state index in [1.807, 2.05) is 56.4 Å². The van der Waals surface area contributed by atoms with Gasteiger partial charge in [0.25, 0.3) is 5.91 Å². The molecule has 0 spiro atoms. The highest BCUT2D eigenvalue weighted by atomic mass is 16.8. The van der Waals surface area contributed by atoms with E-state index in [0.29, 0.717) is 55.4 Å². The van der Waals surface area contributed by atoms with Gasteiger partial charge in [0.1, 0.15) is 23.6 Å². The number of fused-ring (bicyclic) bond motifs is 6. The molecule has 0 aliphatic carbocycles. The number of rotatable bonds is 15. The second kappa shape index (κ2) is 23.3. The van der Waals surface area contributed by atoms with Gasteiger partial charge in [-0.1, -0.05) is 58.0 Å². The van der Waals surface area contributed by atoms with Crippen molar-refractivity contribution in [2.24, 2.45) is 21.3 Å². The Labute approximate surface area is 416 Å². The van der Waals surface area contributed by atoms with Crippen LogP contribution < -0.4 is 20.2 Å². The van der Waals surface area contributed by atoms with Gasteiger partial charge in [-0.15, -0.1) is 0 Å². The predicted octanol–water partition coefficient (Wildman–Crippen LogP) is 7.57. The molecule has 6 bridgehead atoms. The van der Waals surface area contributed by atoms with Gasteiger partial charge in [0.15, 0.2) is 6.61 Å². The summed E-state index contributed by atoms with van der Waals surface area (Å²) in [6, 6.07) is 22.6. The maximum Gasteiger partial charge on any atom is 0.326 e. The molecule has 2 aliphatic heterocycles. The summed E-state index contributed by atoms with van der Waals surface area (Å²) in [5.74, 6) is -0.220. The Morgan fingerprint density at radius 1 is 1.04 bits per heavy atom. The molecule has 3 aromatic carbocycles. The minimum absolute atomic E-state index is 0.0106. The topological polar surface area (TPSA) is 181 Å². The average Bonchev–Trinajstić information content (AvgIpc) is 3.67. The SMILES string of the molecule is CCn1c(-c2cnccc2COC)c2c3cc(ccc31)-c1cccc(c1)C[C@H](NC(=O)[C@H](C(C)C)N(C)C(=O)CCN=C=NCc1ccc(OC)cc1OC)C(=O)N1CCC[C@H](N1)[N+](=O)OCC(C)(C)C2. The molecule has 1 saturated heterocycles. The Balaban J connectivity index is 1.18. The van der Waals surface area contributed by atoms with Crippen molar-refractivity contribution >= 4 is 34.6 Å². The van der Waals surface area contributed by atoms with Crippen LogP contribution >= 0.6 is 0 Å². The number of carbonyl (C=O) groups is 3. The molecule has 4 heterocycles. The monoisotopic (exact) mass is 971 g/mol. The Kier molecular flexibility index (Phi) is 17.0. The van der Waals surface area contributed by atoms with E-state index in [-0.39, 0.29) is 44.4 Å². The van der Waals surface area contributed by atoms with Crippen LogP contribution in [-0.4, -0.2) is 114 Å². The smallest absolute Gasteiger partial charge is 0.326 e. The van der Waals surface area contributed by atoms with Crippen molar-refractivity contribution in [3.05, 3.63) is 106 Å². The summed E-state index contributed by atoms with van der Waals surface area (Å²) in [5.41, 5.74) is 11.4. The Hall–Kier alpha value is -6.94. The number of likely N-dealkylation sites (N-methyl/N-ethyl adjacent to an activating group) is 1. The molecule has 7 rings (SSSR count). The molecule has 2 aromatic heterocycles. The number of nitrogens with one attached hydrogen (secondary N) is 2. The third-order valence-corrected chi connectivity index (χ3v) is 13.2. The number of aromatic nitrogens is 2. The van der Waals surface area contributed by atoms with Crippen LogP contribution in [0.25, 0.3) is 33.3 Å². The Morgan fingerprint density at radius 2 is 1.85 bits per heavy atom. The zero-order valence-electron chi connectivity index (χ0n) is 42.5. The first-order chi connectivity index (χ1) is 34.2. The summed E-state index contributed by atoms with van der Waals surface area (Å²) in [6.45, 7) is 11.9. The summed E-state index contributed by atoms with van der Waals surface area (Å²) >= 11 is 0. The molecule has 71 heavy (non-hydrogen) atoms. The fourth-order valence-electron chi connectivity index (χ4n) is 9.64. The molecule has 3 atom stereocenters. The van der Waals surface area contributed by atoms with Crippen molar-refractivity contribution in [3.63, 3.8) is 0 Å². The molecule has 17 nitrogen and oxygen atoms in total. The van der Waals surface area contributed by atoms with Gasteiger partial charge in [-0.05, 0) is 83.8 Å². The standard InChI is InChI=1S/C54H67N9O8/c1-10-61-46-19-17-38-27-42(46)43(51(61)44-31-55-22-20-40(44)32-68-7)29-54(4,5)33-71-63(67)48-15-12-24-62(59-48)53(66)45(26-36-13-11-14-37(38)25-36)58-52(65)50(35(2)3)60(6)49(64)21-23-56-34-57-30-39-16-18-41(69-8)28-47(39)70-9/h11,13-14,16-20,22,25,27-28,31,35,45,48,50,59H,10,12,15,21,23-24,26,29-30,32-33H2,1-9H3/p+1/t45-,48+,50-/m0/s1. The summed E-state index contributed by atoms with van der Waals surface area (Å²) < 4.78 is 18.7. The van der Waals surface area contributed by atoms with Crippen LogP contribution in [0.5, 0.6) is 11.5 Å². The van der Waals surface area contributed by atoms with Crippen LogP contribution in [0.4, 0.5) is 0 Å². The van der Waals surface area contributed by atoms with E-state index >= 15 is 0 Å². The van der Waals surface area contributed by atoms with Crippen molar-refractivity contribution in [2.75, 3.05) is 48.1 Å².